The molecule has 0 aliphatic rings. The van der Waals surface area contributed by atoms with Crippen LogP contribution in [-0.4, -0.2) is 7.11 Å². The summed E-state index contributed by atoms with van der Waals surface area (Å²) in [5.41, 5.74) is 1.65. The molecule has 0 atom stereocenters. The van der Waals surface area contributed by atoms with Crippen molar-refractivity contribution in [3.05, 3.63) is 16.5 Å². The molecule has 1 heterocycles. The van der Waals surface area contributed by atoms with Gasteiger partial charge in [-0.3, -0.25) is 0 Å². The predicted octanol–water partition coefficient (Wildman–Crippen LogP) is 1.94. The first-order valence-corrected chi connectivity index (χ1v) is 3.69. The summed E-state index contributed by atoms with van der Waals surface area (Å²) in [6, 6.07) is 2.08. The zero-order valence-corrected chi connectivity index (χ0v) is 6.66. The molecule has 10 heavy (non-hydrogen) atoms. The van der Waals surface area contributed by atoms with Gasteiger partial charge in [-0.15, -0.1) is 11.3 Å². The molecule has 0 aliphatic heterocycles. The van der Waals surface area contributed by atoms with Crippen LogP contribution in [0.1, 0.15) is 11.1 Å². The van der Waals surface area contributed by atoms with Crippen LogP contribution in [0, 0.1) is 18.3 Å². The molecule has 1 aromatic heterocycles. The maximum absolute atomic E-state index is 8.53. The molecule has 0 saturated heterocycles. The number of hydrogen-bond acceptors (Lipinski definition) is 3. The van der Waals surface area contributed by atoms with Crippen LogP contribution >= 0.6 is 11.3 Å². The van der Waals surface area contributed by atoms with Crippen molar-refractivity contribution in [2.75, 3.05) is 7.11 Å². The Balaban J connectivity index is 3.12. The Hall–Kier alpha value is -1.01. The van der Waals surface area contributed by atoms with Crippen molar-refractivity contribution in [1.29, 1.82) is 5.26 Å². The Labute approximate surface area is 63.7 Å². The minimum absolute atomic E-state index is 0.710. The number of hydrogen-bond donors (Lipinski definition) is 0. The minimum Gasteiger partial charge on any atom is -0.487 e. The van der Waals surface area contributed by atoms with Crippen LogP contribution in [0.3, 0.4) is 0 Å². The van der Waals surface area contributed by atoms with Crippen LogP contribution in [0.5, 0.6) is 5.06 Å². The zero-order valence-electron chi connectivity index (χ0n) is 5.84. The molecule has 0 N–H and O–H groups in total. The Morgan fingerprint density at radius 1 is 1.70 bits per heavy atom. The van der Waals surface area contributed by atoms with Gasteiger partial charge in [0.05, 0.1) is 12.7 Å². The van der Waals surface area contributed by atoms with Crippen molar-refractivity contribution in [2.24, 2.45) is 0 Å². The van der Waals surface area contributed by atoms with Crippen LogP contribution in [0.25, 0.3) is 0 Å². The standard InChI is InChI=1S/C7H7NOS/c1-5-6(3-8)4-10-7(5)9-2/h4H,1-2H3. The van der Waals surface area contributed by atoms with E-state index >= 15 is 0 Å². The fourth-order valence-electron chi connectivity index (χ4n) is 0.711. The molecule has 52 valence electrons. The van der Waals surface area contributed by atoms with E-state index < -0.39 is 0 Å². The fourth-order valence-corrected chi connectivity index (χ4v) is 1.55. The van der Waals surface area contributed by atoms with Crippen molar-refractivity contribution >= 4 is 11.3 Å². The second kappa shape index (κ2) is 2.72. The molecule has 2 nitrogen and oxygen atoms in total. The van der Waals surface area contributed by atoms with Gasteiger partial charge in [0, 0.05) is 10.9 Å². The van der Waals surface area contributed by atoms with E-state index in [1.807, 2.05) is 6.92 Å². The first-order valence-electron chi connectivity index (χ1n) is 2.81. The highest BCUT2D eigenvalue weighted by atomic mass is 32.1. The Kier molecular flexibility index (Phi) is 1.93. The lowest BCUT2D eigenvalue weighted by atomic mass is 10.2. The molecule has 0 aromatic carbocycles. The first-order chi connectivity index (χ1) is 4.79. The lowest BCUT2D eigenvalue weighted by Crippen LogP contribution is -1.81. The summed E-state index contributed by atoms with van der Waals surface area (Å²) >= 11 is 1.46. The highest BCUT2D eigenvalue weighted by molar-refractivity contribution is 7.12. The molecule has 0 radical (unpaired) electrons. The molecule has 1 rings (SSSR count). The third-order valence-electron chi connectivity index (χ3n) is 1.30. The summed E-state index contributed by atoms with van der Waals surface area (Å²) < 4.78 is 4.99. The Morgan fingerprint density at radius 2 is 2.40 bits per heavy atom. The quantitative estimate of drug-likeness (QED) is 0.617. The van der Waals surface area contributed by atoms with Crippen molar-refractivity contribution < 1.29 is 4.74 Å². The summed E-state index contributed by atoms with van der Waals surface area (Å²) in [4.78, 5) is 0. The molecular formula is C7H7NOS. The fraction of sp³-hybridized carbons (Fsp3) is 0.286. The SMILES string of the molecule is COc1scc(C#N)c1C. The number of nitrogens with zero attached hydrogens (tertiary/aromatic N) is 1. The smallest absolute Gasteiger partial charge is 0.177 e. The van der Waals surface area contributed by atoms with Gasteiger partial charge in [-0.2, -0.15) is 5.26 Å². The number of methoxy groups -OCH3 is 1. The molecule has 0 spiro atoms. The van der Waals surface area contributed by atoms with Crippen molar-refractivity contribution in [1.82, 2.24) is 0 Å². The van der Waals surface area contributed by atoms with Gasteiger partial charge in [0.1, 0.15) is 6.07 Å². The monoisotopic (exact) mass is 153 g/mol. The number of nitriles is 1. The maximum atomic E-state index is 8.53. The normalized spacial score (nSPS) is 8.90. The van der Waals surface area contributed by atoms with Crippen LogP contribution in [0.15, 0.2) is 5.38 Å². The highest BCUT2D eigenvalue weighted by Crippen LogP contribution is 2.28. The summed E-state index contributed by atoms with van der Waals surface area (Å²) in [7, 11) is 1.61. The average Bonchev–Trinajstić information content (AvgIpc) is 2.30. The molecule has 0 unspecified atom stereocenters. The topological polar surface area (TPSA) is 33.0 Å². The van der Waals surface area contributed by atoms with Crippen molar-refractivity contribution in [3.8, 4) is 11.1 Å². The van der Waals surface area contributed by atoms with E-state index in [0.29, 0.717) is 5.56 Å². The average molecular weight is 153 g/mol. The van der Waals surface area contributed by atoms with Gasteiger partial charge in [-0.1, -0.05) is 0 Å². The van der Waals surface area contributed by atoms with E-state index in [-0.39, 0.29) is 0 Å². The molecular weight excluding hydrogens is 146 g/mol. The van der Waals surface area contributed by atoms with E-state index in [1.54, 1.807) is 12.5 Å². The van der Waals surface area contributed by atoms with E-state index in [2.05, 4.69) is 6.07 Å². The predicted molar refractivity (Wildman–Crippen MR) is 40.3 cm³/mol. The molecule has 3 heteroatoms. The number of ether oxygens (including phenoxy) is 1. The van der Waals surface area contributed by atoms with Crippen LogP contribution < -0.4 is 4.74 Å². The van der Waals surface area contributed by atoms with Crippen LogP contribution in [0.4, 0.5) is 0 Å². The van der Waals surface area contributed by atoms with Gasteiger partial charge in [0.15, 0.2) is 5.06 Å². The Morgan fingerprint density at radius 3 is 2.70 bits per heavy atom. The van der Waals surface area contributed by atoms with E-state index in [0.717, 1.165) is 10.6 Å². The Bertz CT molecular complexity index is 272. The minimum atomic E-state index is 0.710. The lowest BCUT2D eigenvalue weighted by molar-refractivity contribution is 0.424. The lowest BCUT2D eigenvalue weighted by Gasteiger charge is -1.93. The number of thiophene rings is 1. The molecule has 1 aromatic rings. The van der Waals surface area contributed by atoms with Gasteiger partial charge in [-0.05, 0) is 6.92 Å². The van der Waals surface area contributed by atoms with Gasteiger partial charge >= 0.3 is 0 Å². The van der Waals surface area contributed by atoms with E-state index in [4.69, 9.17) is 10.00 Å². The van der Waals surface area contributed by atoms with Gasteiger partial charge in [0.2, 0.25) is 0 Å². The van der Waals surface area contributed by atoms with Crippen LogP contribution in [-0.2, 0) is 0 Å². The van der Waals surface area contributed by atoms with Crippen LogP contribution in [0.2, 0.25) is 0 Å². The molecule has 0 saturated carbocycles. The highest BCUT2D eigenvalue weighted by Gasteiger charge is 2.05. The zero-order chi connectivity index (χ0) is 7.56. The number of rotatable bonds is 1. The largest absolute Gasteiger partial charge is 0.487 e. The van der Waals surface area contributed by atoms with Crippen molar-refractivity contribution in [2.45, 2.75) is 6.92 Å². The summed E-state index contributed by atoms with van der Waals surface area (Å²) in [5, 5.41) is 11.2. The molecule has 0 aliphatic carbocycles. The third kappa shape index (κ3) is 0.981. The first kappa shape index (κ1) is 7.10. The summed E-state index contributed by atoms with van der Waals surface area (Å²) in [6.45, 7) is 1.88. The van der Waals surface area contributed by atoms with E-state index in [1.165, 1.54) is 11.3 Å². The van der Waals surface area contributed by atoms with Gasteiger partial charge in [0.25, 0.3) is 0 Å². The molecule has 0 fully saturated rings. The third-order valence-corrected chi connectivity index (χ3v) is 2.34. The molecule has 0 amide bonds. The summed E-state index contributed by atoms with van der Waals surface area (Å²) in [5.74, 6) is 0. The van der Waals surface area contributed by atoms with E-state index in [9.17, 15) is 0 Å². The van der Waals surface area contributed by atoms with Crippen molar-refractivity contribution in [3.63, 3.8) is 0 Å². The second-order valence-electron chi connectivity index (χ2n) is 1.88. The van der Waals surface area contributed by atoms with Gasteiger partial charge in [-0.25, -0.2) is 0 Å². The molecule has 0 bridgehead atoms. The summed E-state index contributed by atoms with van der Waals surface area (Å²) in [6.07, 6.45) is 0. The van der Waals surface area contributed by atoms with Gasteiger partial charge < -0.3 is 4.74 Å². The second-order valence-corrected chi connectivity index (χ2v) is 2.72. The maximum Gasteiger partial charge on any atom is 0.177 e.